The molecule has 0 saturated heterocycles. The van der Waals surface area contributed by atoms with Gasteiger partial charge in [0.25, 0.3) is 11.8 Å². The van der Waals surface area contributed by atoms with Gasteiger partial charge in [-0.25, -0.2) is 8.78 Å². The average Bonchev–Trinajstić information content (AvgIpc) is 2.81. The van der Waals surface area contributed by atoms with Gasteiger partial charge in [-0.2, -0.15) is 0 Å². The summed E-state index contributed by atoms with van der Waals surface area (Å²) >= 11 is 6.09. The van der Waals surface area contributed by atoms with Crippen LogP contribution in [0, 0.1) is 17.6 Å². The van der Waals surface area contributed by atoms with Gasteiger partial charge in [-0.15, -0.1) is 0 Å². The predicted molar refractivity (Wildman–Crippen MR) is 132 cm³/mol. The first-order valence-corrected chi connectivity index (χ1v) is 12.3. The number of benzene rings is 2. The van der Waals surface area contributed by atoms with Crippen LogP contribution in [-0.2, 0) is 4.79 Å². The Kier molecular flexibility index (Phi) is 9.64. The number of nitrogens with zero attached hydrogens (tertiary/aromatic N) is 1. The number of carbonyl (C=O) groups excluding carboxylic acids is 3. The molecule has 3 amide bonds. The molecule has 0 aromatic heterocycles. The van der Waals surface area contributed by atoms with Crippen molar-refractivity contribution in [2.45, 2.75) is 39.2 Å². The van der Waals surface area contributed by atoms with Gasteiger partial charge in [0.2, 0.25) is 5.91 Å². The second-order valence-electron chi connectivity index (χ2n) is 9.13. The molecule has 1 atom stereocenters. The minimum atomic E-state index is -0.994. The van der Waals surface area contributed by atoms with Crippen molar-refractivity contribution >= 4 is 29.3 Å². The predicted octanol–water partition coefficient (Wildman–Crippen LogP) is 4.19. The topological polar surface area (TPSA) is 87.7 Å². The first-order chi connectivity index (χ1) is 17.2. The van der Waals surface area contributed by atoms with Crippen LogP contribution < -0.4 is 15.4 Å². The highest BCUT2D eigenvalue weighted by molar-refractivity contribution is 6.31. The van der Waals surface area contributed by atoms with Crippen LogP contribution >= 0.6 is 11.6 Å². The van der Waals surface area contributed by atoms with Crippen molar-refractivity contribution in [2.75, 3.05) is 26.2 Å². The van der Waals surface area contributed by atoms with E-state index in [4.69, 9.17) is 16.3 Å². The summed E-state index contributed by atoms with van der Waals surface area (Å²) < 4.78 is 34.5. The number of fused-ring (bicyclic) bond motifs is 1. The molecule has 3 rings (SSSR count). The molecular weight excluding hydrogens is 492 g/mol. The van der Waals surface area contributed by atoms with Crippen molar-refractivity contribution in [2.24, 2.45) is 5.92 Å². The largest absolute Gasteiger partial charge is 0.491 e. The maximum atomic E-state index is 14.3. The van der Waals surface area contributed by atoms with E-state index in [1.54, 1.807) is 12.1 Å². The summed E-state index contributed by atoms with van der Waals surface area (Å²) in [5.41, 5.74) is -0.426. The van der Waals surface area contributed by atoms with E-state index in [-0.39, 0.29) is 43.6 Å². The molecular formula is C26H30ClF2N3O4. The highest BCUT2D eigenvalue weighted by Gasteiger charge is 2.26. The molecule has 10 heteroatoms. The second-order valence-corrected chi connectivity index (χ2v) is 9.57. The van der Waals surface area contributed by atoms with Crippen LogP contribution in [0.1, 0.15) is 53.8 Å². The molecule has 194 valence electrons. The van der Waals surface area contributed by atoms with Gasteiger partial charge in [0.1, 0.15) is 29.6 Å². The minimum absolute atomic E-state index is 0.0712. The Balaban J connectivity index is 1.86. The summed E-state index contributed by atoms with van der Waals surface area (Å²) in [6, 6.07) is 7.47. The smallest absolute Gasteiger partial charge is 0.260 e. The molecule has 0 spiro atoms. The van der Waals surface area contributed by atoms with Crippen LogP contribution in [-0.4, -0.2) is 54.9 Å². The van der Waals surface area contributed by atoms with E-state index < -0.39 is 35.1 Å². The van der Waals surface area contributed by atoms with Crippen molar-refractivity contribution in [3.63, 3.8) is 0 Å². The Bertz CT molecular complexity index is 1090. The lowest BCUT2D eigenvalue weighted by Crippen LogP contribution is -2.47. The number of hydrogen-bond donors (Lipinski definition) is 2. The Morgan fingerprint density at radius 1 is 1.17 bits per heavy atom. The Morgan fingerprint density at radius 2 is 1.89 bits per heavy atom. The van der Waals surface area contributed by atoms with Gasteiger partial charge >= 0.3 is 0 Å². The van der Waals surface area contributed by atoms with E-state index in [9.17, 15) is 23.2 Å². The van der Waals surface area contributed by atoms with Crippen LogP contribution in [0.25, 0.3) is 0 Å². The van der Waals surface area contributed by atoms with Crippen LogP contribution in [0.3, 0.4) is 0 Å². The number of nitrogens with one attached hydrogen (secondary N) is 2. The SMILES string of the molecule is CC(C)C[C@@H]1COc2ccc(Cl)cc2C(=O)NCCCCN(C(=O)c2c(F)cccc2F)CC(=O)N1. The highest BCUT2D eigenvalue weighted by atomic mass is 35.5. The standard InChI is InChI=1S/C26H30ClF2N3O4/c1-16(2)12-18-15-36-22-9-8-17(27)13-19(22)25(34)30-10-3-4-11-32(14-23(33)31-18)26(35)24-20(28)6-5-7-21(24)29/h5-9,13,16,18H,3-4,10-12,14-15H2,1-2H3,(H,30,34)(H,31,33)/t18-/m1/s1. The van der Waals surface area contributed by atoms with Gasteiger partial charge in [-0.1, -0.05) is 31.5 Å². The van der Waals surface area contributed by atoms with Crippen molar-refractivity contribution in [3.8, 4) is 5.75 Å². The van der Waals surface area contributed by atoms with E-state index in [2.05, 4.69) is 10.6 Å². The summed E-state index contributed by atoms with van der Waals surface area (Å²) in [5, 5.41) is 6.04. The summed E-state index contributed by atoms with van der Waals surface area (Å²) in [7, 11) is 0. The van der Waals surface area contributed by atoms with Gasteiger partial charge in [0.05, 0.1) is 18.2 Å². The molecule has 1 heterocycles. The van der Waals surface area contributed by atoms with E-state index in [0.29, 0.717) is 30.0 Å². The molecule has 0 bridgehead atoms. The fourth-order valence-corrected chi connectivity index (χ4v) is 4.19. The Morgan fingerprint density at radius 3 is 2.58 bits per heavy atom. The molecule has 2 aromatic rings. The fourth-order valence-electron chi connectivity index (χ4n) is 4.02. The molecule has 0 saturated carbocycles. The lowest BCUT2D eigenvalue weighted by molar-refractivity contribution is -0.122. The Labute approximate surface area is 214 Å². The van der Waals surface area contributed by atoms with Crippen molar-refractivity contribution in [3.05, 3.63) is 64.2 Å². The van der Waals surface area contributed by atoms with E-state index in [1.165, 1.54) is 12.1 Å². The zero-order valence-electron chi connectivity index (χ0n) is 20.3. The first kappa shape index (κ1) is 27.4. The minimum Gasteiger partial charge on any atom is -0.491 e. The van der Waals surface area contributed by atoms with E-state index in [0.717, 1.165) is 17.0 Å². The molecule has 0 unspecified atom stereocenters. The lowest BCUT2D eigenvalue weighted by Gasteiger charge is -2.25. The molecule has 36 heavy (non-hydrogen) atoms. The monoisotopic (exact) mass is 521 g/mol. The second kappa shape index (κ2) is 12.7. The van der Waals surface area contributed by atoms with Crippen LogP contribution in [0.4, 0.5) is 8.78 Å². The maximum absolute atomic E-state index is 14.3. The highest BCUT2D eigenvalue weighted by Crippen LogP contribution is 2.24. The van der Waals surface area contributed by atoms with Crippen LogP contribution in [0.15, 0.2) is 36.4 Å². The quantitative estimate of drug-likeness (QED) is 0.634. The molecule has 7 nitrogen and oxygen atoms in total. The number of hydrogen-bond acceptors (Lipinski definition) is 4. The maximum Gasteiger partial charge on any atom is 0.260 e. The lowest BCUT2D eigenvalue weighted by atomic mass is 10.0. The summed E-state index contributed by atoms with van der Waals surface area (Å²) in [5.74, 6) is -3.20. The zero-order chi connectivity index (χ0) is 26.2. The number of ether oxygens (including phenoxy) is 1. The molecule has 2 aromatic carbocycles. The normalized spacial score (nSPS) is 17.8. The van der Waals surface area contributed by atoms with E-state index in [1.807, 2.05) is 13.8 Å². The third kappa shape index (κ3) is 7.40. The Hall–Kier alpha value is -3.20. The third-order valence-corrected chi connectivity index (χ3v) is 5.92. The summed E-state index contributed by atoms with van der Waals surface area (Å²) in [6.45, 7) is 4.02. The zero-order valence-corrected chi connectivity index (χ0v) is 21.0. The molecule has 0 radical (unpaired) electrons. The van der Waals surface area contributed by atoms with Gasteiger partial charge in [0, 0.05) is 18.1 Å². The van der Waals surface area contributed by atoms with Crippen molar-refractivity contribution < 1.29 is 27.9 Å². The van der Waals surface area contributed by atoms with Gasteiger partial charge in [-0.3, -0.25) is 14.4 Å². The fraction of sp³-hybridized carbons (Fsp3) is 0.423. The van der Waals surface area contributed by atoms with E-state index >= 15 is 0 Å². The average molecular weight is 522 g/mol. The number of amides is 3. The van der Waals surface area contributed by atoms with Crippen LogP contribution in [0.2, 0.25) is 5.02 Å². The van der Waals surface area contributed by atoms with Gasteiger partial charge < -0.3 is 20.3 Å². The number of carbonyl (C=O) groups is 3. The van der Waals surface area contributed by atoms with Crippen molar-refractivity contribution in [1.29, 1.82) is 0 Å². The third-order valence-electron chi connectivity index (χ3n) is 5.69. The molecule has 1 aliphatic rings. The summed E-state index contributed by atoms with van der Waals surface area (Å²) in [6.07, 6.45) is 1.42. The first-order valence-electron chi connectivity index (χ1n) is 11.9. The number of rotatable bonds is 3. The van der Waals surface area contributed by atoms with Crippen molar-refractivity contribution in [1.82, 2.24) is 15.5 Å². The van der Waals surface area contributed by atoms with Gasteiger partial charge in [0.15, 0.2) is 0 Å². The number of halogens is 3. The summed E-state index contributed by atoms with van der Waals surface area (Å²) in [4.78, 5) is 39.9. The molecule has 2 N–H and O–H groups in total. The molecule has 0 fully saturated rings. The molecule has 1 aliphatic heterocycles. The van der Waals surface area contributed by atoms with Gasteiger partial charge in [-0.05, 0) is 55.5 Å². The molecule has 0 aliphatic carbocycles. The van der Waals surface area contributed by atoms with Crippen LogP contribution in [0.5, 0.6) is 5.75 Å².